The van der Waals surface area contributed by atoms with Crippen molar-refractivity contribution in [1.82, 2.24) is 10.6 Å². The number of rotatable bonds is 40. The first-order valence-electron chi connectivity index (χ1n) is 20.4. The Balaban J connectivity index is 4.14. The second-order valence-corrected chi connectivity index (χ2v) is 13.6. The van der Waals surface area contributed by atoms with E-state index in [1.165, 1.54) is 141 Å². The summed E-state index contributed by atoms with van der Waals surface area (Å²) >= 11 is 0. The molecule has 8 heteroatoms. The van der Waals surface area contributed by atoms with Crippen LogP contribution in [0.25, 0.3) is 0 Å². The Labute approximate surface area is 297 Å². The number of unbranched alkanes of at least 4 members (excludes halogenated alkanes) is 22. The minimum absolute atomic E-state index is 0.138. The number of methoxy groups -OCH3 is 1. The molecular formula is C40H80N2O6. The van der Waals surface area contributed by atoms with Crippen molar-refractivity contribution in [2.45, 2.75) is 187 Å². The summed E-state index contributed by atoms with van der Waals surface area (Å²) in [4.78, 5) is 24.5. The summed E-state index contributed by atoms with van der Waals surface area (Å²) in [5.74, 6) is -0.285. The first kappa shape index (κ1) is 46.8. The monoisotopic (exact) mass is 685 g/mol. The van der Waals surface area contributed by atoms with E-state index in [1.54, 1.807) is 7.11 Å². The lowest BCUT2D eigenvalue weighted by Gasteiger charge is -2.19. The molecule has 0 bridgehead atoms. The van der Waals surface area contributed by atoms with Crippen LogP contribution < -0.4 is 10.6 Å². The van der Waals surface area contributed by atoms with Crippen LogP contribution in [0, 0.1) is 0 Å². The minimum Gasteiger partial charge on any atom is -0.382 e. The van der Waals surface area contributed by atoms with Gasteiger partial charge >= 0.3 is 0 Å². The van der Waals surface area contributed by atoms with Gasteiger partial charge in [-0.25, -0.2) is 0 Å². The van der Waals surface area contributed by atoms with Crippen molar-refractivity contribution >= 4 is 11.8 Å². The molecule has 2 amide bonds. The van der Waals surface area contributed by atoms with Gasteiger partial charge in [-0.15, -0.1) is 0 Å². The molecule has 0 aromatic rings. The number of hydrogen-bond donors (Lipinski definition) is 2. The minimum atomic E-state index is -0.169. The van der Waals surface area contributed by atoms with Crippen molar-refractivity contribution in [3.8, 4) is 0 Å². The molecule has 0 heterocycles. The van der Waals surface area contributed by atoms with Gasteiger partial charge in [0.2, 0.25) is 11.8 Å². The standard InChI is InChI=1S/C40H80N2O6/c1-4-6-8-10-12-14-16-18-20-22-24-26-31-47-37-38(48-32-27-25-23-21-19-17-15-13-11-9-7-5-2)36-42-40(44)29-28-39(43)41-30-33-46-35-34-45-3/h38H,4-37H2,1-3H3,(H,41,43)(H,42,44). The van der Waals surface area contributed by atoms with Crippen molar-refractivity contribution in [3.05, 3.63) is 0 Å². The molecule has 0 aliphatic rings. The number of hydrogen-bond acceptors (Lipinski definition) is 6. The summed E-state index contributed by atoms with van der Waals surface area (Å²) in [7, 11) is 1.62. The quantitative estimate of drug-likeness (QED) is 0.0625. The van der Waals surface area contributed by atoms with Crippen molar-refractivity contribution in [3.63, 3.8) is 0 Å². The largest absolute Gasteiger partial charge is 0.382 e. The van der Waals surface area contributed by atoms with Crippen LogP contribution in [0.15, 0.2) is 0 Å². The average Bonchev–Trinajstić information content (AvgIpc) is 3.09. The molecule has 0 aliphatic heterocycles. The Morgan fingerprint density at radius 3 is 1.40 bits per heavy atom. The zero-order valence-electron chi connectivity index (χ0n) is 32.1. The average molecular weight is 685 g/mol. The Hall–Kier alpha value is -1.22. The zero-order chi connectivity index (χ0) is 35.0. The lowest BCUT2D eigenvalue weighted by Crippen LogP contribution is -2.37. The number of carbonyl (C=O) groups excluding carboxylic acids is 2. The Bertz CT molecular complexity index is 666. The first-order chi connectivity index (χ1) is 23.6. The molecule has 0 spiro atoms. The SMILES string of the molecule is CCCCCCCCCCCCCCOCC(CNC(=O)CCC(=O)NCCOCCOC)OCCCCCCCCCCCCCC. The van der Waals surface area contributed by atoms with Crippen molar-refractivity contribution in [1.29, 1.82) is 0 Å². The van der Waals surface area contributed by atoms with Crippen molar-refractivity contribution in [2.24, 2.45) is 0 Å². The van der Waals surface area contributed by atoms with E-state index in [0.717, 1.165) is 19.4 Å². The van der Waals surface area contributed by atoms with E-state index in [1.807, 2.05) is 0 Å². The smallest absolute Gasteiger partial charge is 0.220 e. The van der Waals surface area contributed by atoms with E-state index >= 15 is 0 Å². The fraction of sp³-hybridized carbons (Fsp3) is 0.950. The zero-order valence-corrected chi connectivity index (χ0v) is 32.1. The normalized spacial score (nSPS) is 12.0. The lowest BCUT2D eigenvalue weighted by atomic mass is 10.1. The third kappa shape index (κ3) is 37.6. The van der Waals surface area contributed by atoms with Gasteiger partial charge in [-0.1, -0.05) is 155 Å². The van der Waals surface area contributed by atoms with Gasteiger partial charge in [0.1, 0.15) is 0 Å². The highest BCUT2D eigenvalue weighted by Crippen LogP contribution is 2.13. The van der Waals surface area contributed by atoms with Crippen molar-refractivity contribution < 1.29 is 28.5 Å². The molecule has 286 valence electrons. The van der Waals surface area contributed by atoms with Crippen LogP contribution in [-0.4, -0.2) is 77.8 Å². The second kappa shape index (κ2) is 40.2. The van der Waals surface area contributed by atoms with Gasteiger partial charge in [0.05, 0.1) is 32.5 Å². The molecule has 1 atom stereocenters. The van der Waals surface area contributed by atoms with E-state index in [4.69, 9.17) is 18.9 Å². The molecule has 0 aliphatic carbocycles. The van der Waals surface area contributed by atoms with E-state index in [-0.39, 0.29) is 30.8 Å². The summed E-state index contributed by atoms with van der Waals surface area (Å²) in [6.07, 6.45) is 31.8. The third-order valence-corrected chi connectivity index (χ3v) is 8.90. The predicted octanol–water partition coefficient (Wildman–Crippen LogP) is 9.47. The van der Waals surface area contributed by atoms with E-state index < -0.39 is 0 Å². The summed E-state index contributed by atoms with van der Waals surface area (Å²) in [5, 5.41) is 5.75. The predicted molar refractivity (Wildman–Crippen MR) is 201 cm³/mol. The molecular weight excluding hydrogens is 604 g/mol. The molecule has 0 rings (SSSR count). The highest BCUT2D eigenvalue weighted by molar-refractivity contribution is 5.83. The van der Waals surface area contributed by atoms with Crippen LogP contribution in [-0.2, 0) is 28.5 Å². The summed E-state index contributed by atoms with van der Waals surface area (Å²) < 4.78 is 22.5. The third-order valence-electron chi connectivity index (χ3n) is 8.90. The Morgan fingerprint density at radius 1 is 0.479 bits per heavy atom. The van der Waals surface area contributed by atoms with Crippen LogP contribution in [0.1, 0.15) is 181 Å². The van der Waals surface area contributed by atoms with Gasteiger partial charge in [-0.2, -0.15) is 0 Å². The maximum atomic E-state index is 12.5. The van der Waals surface area contributed by atoms with Crippen LogP contribution in [0.5, 0.6) is 0 Å². The van der Waals surface area contributed by atoms with Crippen LogP contribution >= 0.6 is 0 Å². The second-order valence-electron chi connectivity index (χ2n) is 13.6. The number of amides is 2. The molecule has 0 aromatic heterocycles. The topological polar surface area (TPSA) is 95.1 Å². The summed E-state index contributed by atoms with van der Waals surface area (Å²) in [6, 6.07) is 0. The van der Waals surface area contributed by atoms with E-state index in [0.29, 0.717) is 46.1 Å². The van der Waals surface area contributed by atoms with E-state index in [9.17, 15) is 9.59 Å². The van der Waals surface area contributed by atoms with Crippen LogP contribution in [0.2, 0.25) is 0 Å². The summed E-state index contributed by atoms with van der Waals surface area (Å²) in [6.45, 7) is 8.75. The van der Waals surface area contributed by atoms with Crippen LogP contribution in [0.3, 0.4) is 0 Å². The van der Waals surface area contributed by atoms with Gasteiger partial charge < -0.3 is 29.6 Å². The maximum absolute atomic E-state index is 12.5. The Kier molecular flexibility index (Phi) is 39.2. The molecule has 1 unspecified atom stereocenters. The molecule has 0 aromatic carbocycles. The molecule has 0 saturated carbocycles. The number of ether oxygens (including phenoxy) is 4. The van der Waals surface area contributed by atoms with E-state index in [2.05, 4.69) is 24.5 Å². The van der Waals surface area contributed by atoms with Gasteiger partial charge in [0.15, 0.2) is 0 Å². The fourth-order valence-electron chi connectivity index (χ4n) is 5.76. The van der Waals surface area contributed by atoms with Crippen molar-refractivity contribution in [2.75, 3.05) is 59.8 Å². The fourth-order valence-corrected chi connectivity index (χ4v) is 5.76. The molecule has 0 fully saturated rings. The van der Waals surface area contributed by atoms with Gasteiger partial charge in [-0.05, 0) is 12.8 Å². The number of carbonyl (C=O) groups is 2. The maximum Gasteiger partial charge on any atom is 0.220 e. The lowest BCUT2D eigenvalue weighted by molar-refractivity contribution is -0.127. The highest BCUT2D eigenvalue weighted by atomic mass is 16.5. The van der Waals surface area contributed by atoms with Gasteiger partial charge in [0.25, 0.3) is 0 Å². The van der Waals surface area contributed by atoms with Gasteiger partial charge in [0, 0.05) is 46.3 Å². The van der Waals surface area contributed by atoms with Gasteiger partial charge in [-0.3, -0.25) is 9.59 Å². The first-order valence-corrected chi connectivity index (χ1v) is 20.4. The molecule has 0 saturated heterocycles. The highest BCUT2D eigenvalue weighted by Gasteiger charge is 2.13. The Morgan fingerprint density at radius 2 is 0.917 bits per heavy atom. The molecule has 8 nitrogen and oxygen atoms in total. The van der Waals surface area contributed by atoms with Crippen LogP contribution in [0.4, 0.5) is 0 Å². The molecule has 0 radical (unpaired) electrons. The molecule has 2 N–H and O–H groups in total. The molecule has 48 heavy (non-hydrogen) atoms. The summed E-state index contributed by atoms with van der Waals surface area (Å²) in [5.41, 5.74) is 0. The number of nitrogens with one attached hydrogen (secondary N) is 2.